The predicted molar refractivity (Wildman–Crippen MR) is 133 cm³/mol. The highest BCUT2D eigenvalue weighted by atomic mass is 35.5. The van der Waals surface area contributed by atoms with Crippen LogP contribution >= 0.6 is 11.6 Å². The second-order valence-corrected chi connectivity index (χ2v) is 8.11. The van der Waals surface area contributed by atoms with E-state index in [1.165, 1.54) is 24.3 Å². The molecule has 0 radical (unpaired) electrons. The van der Waals surface area contributed by atoms with Crippen molar-refractivity contribution in [2.24, 2.45) is 0 Å². The summed E-state index contributed by atoms with van der Waals surface area (Å²) in [4.78, 5) is 23.6. The number of nitrogens with zero attached hydrogens (tertiary/aromatic N) is 1. The summed E-state index contributed by atoms with van der Waals surface area (Å²) in [6, 6.07) is 19.1. The van der Waals surface area contributed by atoms with E-state index < -0.39 is 10.8 Å². The van der Waals surface area contributed by atoms with Crippen molar-refractivity contribution >= 4 is 28.9 Å². The standard InChI is InChI=1S/C26H21ClN2O7/c1-16-11-17(27)3-9-24(16)34-15-22-8-10-25(36-22)26(30)28-18-12-19(29(31)32)14-23(13-18)35-21-6-4-20(33-2)5-7-21/h3-14H,15H2,1-2H3,(H,28,30). The molecule has 0 atom stereocenters. The SMILES string of the molecule is COc1ccc(Oc2cc(NC(=O)c3ccc(COc4ccc(Cl)cc4C)o3)cc([N+](=O)[O-])c2)cc1. The fourth-order valence-corrected chi connectivity index (χ4v) is 3.52. The molecular formula is C26H21ClN2O7. The third-order valence-electron chi connectivity index (χ3n) is 5.05. The number of carbonyl (C=O) groups excluding carboxylic acids is 1. The van der Waals surface area contributed by atoms with E-state index >= 15 is 0 Å². The molecular weight excluding hydrogens is 488 g/mol. The van der Waals surface area contributed by atoms with Crippen molar-refractivity contribution < 1.29 is 28.3 Å². The zero-order valence-electron chi connectivity index (χ0n) is 19.3. The van der Waals surface area contributed by atoms with Gasteiger partial charge in [-0.05, 0) is 67.1 Å². The maximum atomic E-state index is 12.7. The molecule has 0 aliphatic rings. The van der Waals surface area contributed by atoms with Gasteiger partial charge in [-0.1, -0.05) is 11.6 Å². The number of halogens is 1. The molecule has 0 spiro atoms. The number of ether oxygens (including phenoxy) is 3. The minimum Gasteiger partial charge on any atom is -0.497 e. The second-order valence-electron chi connectivity index (χ2n) is 7.67. The Balaban J connectivity index is 1.45. The van der Waals surface area contributed by atoms with Gasteiger partial charge < -0.3 is 23.9 Å². The van der Waals surface area contributed by atoms with Crippen molar-refractivity contribution in [1.29, 1.82) is 0 Å². The fourth-order valence-electron chi connectivity index (χ4n) is 3.29. The molecule has 9 nitrogen and oxygen atoms in total. The average Bonchev–Trinajstić information content (AvgIpc) is 3.33. The van der Waals surface area contributed by atoms with Gasteiger partial charge in [0.1, 0.15) is 35.4 Å². The van der Waals surface area contributed by atoms with Crippen LogP contribution in [0.3, 0.4) is 0 Å². The van der Waals surface area contributed by atoms with Crippen molar-refractivity contribution in [3.8, 4) is 23.0 Å². The van der Waals surface area contributed by atoms with Gasteiger partial charge >= 0.3 is 0 Å². The Morgan fingerprint density at radius 3 is 2.44 bits per heavy atom. The number of nitro benzene ring substituents is 1. The van der Waals surface area contributed by atoms with E-state index in [0.29, 0.717) is 28.0 Å². The van der Waals surface area contributed by atoms with Gasteiger partial charge in [-0.2, -0.15) is 0 Å². The molecule has 0 bridgehead atoms. The molecule has 1 heterocycles. The van der Waals surface area contributed by atoms with E-state index in [4.69, 9.17) is 30.2 Å². The highest BCUT2D eigenvalue weighted by Gasteiger charge is 2.16. The lowest BCUT2D eigenvalue weighted by molar-refractivity contribution is -0.384. The molecule has 1 N–H and O–H groups in total. The molecule has 0 saturated heterocycles. The number of hydrogen-bond acceptors (Lipinski definition) is 7. The third kappa shape index (κ3) is 6.13. The molecule has 0 fully saturated rings. The average molecular weight is 509 g/mol. The van der Waals surface area contributed by atoms with Crippen LogP contribution in [0.5, 0.6) is 23.0 Å². The smallest absolute Gasteiger partial charge is 0.291 e. The maximum Gasteiger partial charge on any atom is 0.291 e. The van der Waals surface area contributed by atoms with Crippen LogP contribution in [0.2, 0.25) is 5.02 Å². The van der Waals surface area contributed by atoms with E-state index in [-0.39, 0.29) is 29.5 Å². The van der Waals surface area contributed by atoms with Crippen LogP contribution in [0.1, 0.15) is 21.9 Å². The number of non-ortho nitro benzene ring substituents is 1. The quantitative estimate of drug-likeness (QED) is 0.196. The Morgan fingerprint density at radius 2 is 1.75 bits per heavy atom. The van der Waals surface area contributed by atoms with Crippen molar-refractivity contribution in [1.82, 2.24) is 0 Å². The van der Waals surface area contributed by atoms with Crippen molar-refractivity contribution in [3.05, 3.63) is 105 Å². The number of rotatable bonds is 9. The Morgan fingerprint density at radius 1 is 1.00 bits per heavy atom. The number of benzene rings is 3. The molecule has 1 amide bonds. The van der Waals surface area contributed by atoms with Crippen LogP contribution in [0, 0.1) is 17.0 Å². The molecule has 1 aromatic heterocycles. The number of nitro groups is 1. The lowest BCUT2D eigenvalue weighted by Crippen LogP contribution is -2.11. The number of aryl methyl sites for hydroxylation is 1. The summed E-state index contributed by atoms with van der Waals surface area (Å²) in [6.45, 7) is 1.97. The Hall–Kier alpha value is -4.50. The second kappa shape index (κ2) is 10.8. The van der Waals surface area contributed by atoms with Crippen molar-refractivity contribution in [3.63, 3.8) is 0 Å². The van der Waals surface area contributed by atoms with Crippen LogP contribution in [0.15, 0.2) is 77.2 Å². The number of methoxy groups -OCH3 is 1. The van der Waals surface area contributed by atoms with E-state index in [2.05, 4.69) is 5.32 Å². The maximum absolute atomic E-state index is 12.7. The Kier molecular flexibility index (Phi) is 7.41. The first-order valence-electron chi connectivity index (χ1n) is 10.7. The fraction of sp³-hybridized carbons (Fsp3) is 0.115. The first kappa shape index (κ1) is 24.6. The number of furan rings is 1. The van der Waals surface area contributed by atoms with Gasteiger partial charge in [0.25, 0.3) is 11.6 Å². The van der Waals surface area contributed by atoms with Gasteiger partial charge in [0, 0.05) is 17.2 Å². The summed E-state index contributed by atoms with van der Waals surface area (Å²) < 4.78 is 22.2. The molecule has 3 aromatic carbocycles. The lowest BCUT2D eigenvalue weighted by Gasteiger charge is -2.09. The molecule has 10 heteroatoms. The van der Waals surface area contributed by atoms with Crippen molar-refractivity contribution in [2.75, 3.05) is 12.4 Å². The molecule has 4 aromatic rings. The molecule has 184 valence electrons. The van der Waals surface area contributed by atoms with Crippen LogP contribution in [-0.2, 0) is 6.61 Å². The summed E-state index contributed by atoms with van der Waals surface area (Å²) in [5, 5.41) is 14.6. The first-order valence-corrected chi connectivity index (χ1v) is 11.1. The molecule has 0 unspecified atom stereocenters. The van der Waals surface area contributed by atoms with Gasteiger partial charge in [-0.3, -0.25) is 14.9 Å². The van der Waals surface area contributed by atoms with Gasteiger partial charge in [0.05, 0.1) is 23.8 Å². The van der Waals surface area contributed by atoms with Gasteiger partial charge in [0.15, 0.2) is 5.76 Å². The molecule has 4 rings (SSSR count). The monoisotopic (exact) mass is 508 g/mol. The minimum atomic E-state index is -0.584. The zero-order valence-corrected chi connectivity index (χ0v) is 20.1. The van der Waals surface area contributed by atoms with Crippen LogP contribution < -0.4 is 19.5 Å². The zero-order chi connectivity index (χ0) is 25.7. The molecule has 0 aliphatic carbocycles. The summed E-state index contributed by atoms with van der Waals surface area (Å²) in [7, 11) is 1.54. The highest BCUT2D eigenvalue weighted by Crippen LogP contribution is 2.31. The first-order chi connectivity index (χ1) is 17.3. The Bertz CT molecular complexity index is 1400. The summed E-state index contributed by atoms with van der Waals surface area (Å²) in [5.41, 5.74) is 0.789. The normalized spacial score (nSPS) is 10.5. The van der Waals surface area contributed by atoms with E-state index in [9.17, 15) is 14.9 Å². The predicted octanol–water partition coefficient (Wildman–Crippen LogP) is 6.78. The lowest BCUT2D eigenvalue weighted by atomic mass is 10.2. The van der Waals surface area contributed by atoms with Crippen LogP contribution in [-0.4, -0.2) is 17.9 Å². The van der Waals surface area contributed by atoms with Crippen LogP contribution in [0.25, 0.3) is 0 Å². The number of nitrogens with one attached hydrogen (secondary N) is 1. The number of carbonyl (C=O) groups is 1. The minimum absolute atomic E-state index is 0.0190. The third-order valence-corrected chi connectivity index (χ3v) is 5.28. The summed E-state index contributed by atoms with van der Waals surface area (Å²) in [6.07, 6.45) is 0. The van der Waals surface area contributed by atoms with E-state index in [1.807, 2.05) is 6.92 Å². The molecule has 36 heavy (non-hydrogen) atoms. The summed E-state index contributed by atoms with van der Waals surface area (Å²) in [5.74, 6) is 1.77. The number of hydrogen-bond donors (Lipinski definition) is 1. The largest absolute Gasteiger partial charge is 0.497 e. The van der Waals surface area contributed by atoms with Crippen molar-refractivity contribution in [2.45, 2.75) is 13.5 Å². The number of amides is 1. The van der Waals surface area contributed by atoms with E-state index in [1.54, 1.807) is 55.6 Å². The van der Waals surface area contributed by atoms with Gasteiger partial charge in [-0.25, -0.2) is 0 Å². The van der Waals surface area contributed by atoms with E-state index in [0.717, 1.165) is 5.56 Å². The van der Waals surface area contributed by atoms with Gasteiger partial charge in [0.2, 0.25) is 0 Å². The molecule has 0 aliphatic heterocycles. The van der Waals surface area contributed by atoms with Crippen LogP contribution in [0.4, 0.5) is 11.4 Å². The Labute approximate surface area is 211 Å². The van der Waals surface area contributed by atoms with Gasteiger partial charge in [-0.15, -0.1) is 0 Å². The molecule has 0 saturated carbocycles. The highest BCUT2D eigenvalue weighted by molar-refractivity contribution is 6.30. The summed E-state index contributed by atoms with van der Waals surface area (Å²) >= 11 is 5.96. The number of anilines is 1. The topological polar surface area (TPSA) is 113 Å².